The van der Waals surface area contributed by atoms with Crippen molar-refractivity contribution in [2.24, 2.45) is 0 Å². The summed E-state index contributed by atoms with van der Waals surface area (Å²) in [6, 6.07) is 9.87. The van der Waals surface area contributed by atoms with Gasteiger partial charge >= 0.3 is 0 Å². The van der Waals surface area contributed by atoms with Crippen LogP contribution in [0, 0.1) is 6.92 Å². The van der Waals surface area contributed by atoms with Crippen LogP contribution in [0.3, 0.4) is 0 Å². The van der Waals surface area contributed by atoms with Gasteiger partial charge in [0.25, 0.3) is 0 Å². The predicted molar refractivity (Wildman–Crippen MR) is 94.3 cm³/mol. The molecular formula is C18H13N7. The van der Waals surface area contributed by atoms with Crippen LogP contribution in [0.2, 0.25) is 0 Å². The molecule has 0 aliphatic heterocycles. The van der Waals surface area contributed by atoms with Gasteiger partial charge in [0, 0.05) is 18.0 Å². The lowest BCUT2D eigenvalue weighted by molar-refractivity contribution is 0.989. The number of nitrogens with one attached hydrogen (secondary N) is 1. The van der Waals surface area contributed by atoms with Crippen LogP contribution in [0.1, 0.15) is 5.82 Å². The summed E-state index contributed by atoms with van der Waals surface area (Å²) >= 11 is 0. The lowest BCUT2D eigenvalue weighted by atomic mass is 10.2. The van der Waals surface area contributed by atoms with Crippen molar-refractivity contribution in [2.75, 3.05) is 0 Å². The van der Waals surface area contributed by atoms with Gasteiger partial charge in [0.1, 0.15) is 5.82 Å². The van der Waals surface area contributed by atoms with E-state index in [4.69, 9.17) is 4.98 Å². The van der Waals surface area contributed by atoms with Crippen LogP contribution in [0.4, 0.5) is 0 Å². The number of hydrogen-bond donors (Lipinski definition) is 1. The third-order valence-electron chi connectivity index (χ3n) is 4.18. The molecule has 0 spiro atoms. The molecule has 4 aromatic heterocycles. The van der Waals surface area contributed by atoms with Crippen molar-refractivity contribution in [3.05, 3.63) is 61.1 Å². The first kappa shape index (κ1) is 13.8. The molecule has 7 heteroatoms. The molecule has 5 aromatic rings. The van der Waals surface area contributed by atoms with E-state index < -0.39 is 0 Å². The number of aryl methyl sites for hydroxylation is 1. The highest BCUT2D eigenvalue weighted by Crippen LogP contribution is 2.23. The Bertz CT molecular complexity index is 1200. The molecule has 4 heterocycles. The molecule has 0 amide bonds. The second-order valence-corrected chi connectivity index (χ2v) is 5.74. The van der Waals surface area contributed by atoms with Gasteiger partial charge < -0.3 is 4.98 Å². The van der Waals surface area contributed by atoms with Crippen molar-refractivity contribution in [3.63, 3.8) is 0 Å². The van der Waals surface area contributed by atoms with Crippen molar-refractivity contribution >= 4 is 22.3 Å². The molecule has 0 saturated carbocycles. The average Bonchev–Trinajstić information content (AvgIpc) is 3.24. The Balaban J connectivity index is 1.75. The van der Waals surface area contributed by atoms with Crippen LogP contribution >= 0.6 is 0 Å². The summed E-state index contributed by atoms with van der Waals surface area (Å²) in [5, 5.41) is 0. The Morgan fingerprint density at radius 3 is 2.76 bits per heavy atom. The summed E-state index contributed by atoms with van der Waals surface area (Å²) in [6.07, 6.45) is 6.92. The third-order valence-corrected chi connectivity index (χ3v) is 4.18. The van der Waals surface area contributed by atoms with Crippen LogP contribution in [0.15, 0.2) is 55.2 Å². The van der Waals surface area contributed by atoms with Crippen LogP contribution in [-0.2, 0) is 0 Å². The Kier molecular flexibility index (Phi) is 2.87. The number of aromatic amines is 1. The van der Waals surface area contributed by atoms with Crippen LogP contribution in [-0.4, -0.2) is 34.5 Å². The maximum atomic E-state index is 4.79. The minimum absolute atomic E-state index is 0.623. The van der Waals surface area contributed by atoms with E-state index in [1.54, 1.807) is 24.9 Å². The fourth-order valence-electron chi connectivity index (χ4n) is 2.99. The van der Waals surface area contributed by atoms with Crippen molar-refractivity contribution in [2.45, 2.75) is 6.92 Å². The standard InChI is InChI=1S/C18H13N7/c1-11-23-17-18(24-16(9-20-17)12-4-6-19-7-5-12)25(11)13-2-3-14-15(8-13)22-10-21-14/h2-10H,1H3,(H,21,22). The molecule has 0 saturated heterocycles. The second-order valence-electron chi connectivity index (χ2n) is 5.74. The van der Waals surface area contributed by atoms with Crippen LogP contribution in [0.5, 0.6) is 0 Å². The monoisotopic (exact) mass is 327 g/mol. The number of hydrogen-bond acceptors (Lipinski definition) is 5. The molecule has 0 unspecified atom stereocenters. The molecule has 0 fully saturated rings. The minimum atomic E-state index is 0.623. The molecule has 1 aromatic carbocycles. The molecule has 7 nitrogen and oxygen atoms in total. The summed E-state index contributed by atoms with van der Waals surface area (Å²) in [4.78, 5) is 25.3. The number of rotatable bonds is 2. The number of pyridine rings is 1. The summed E-state index contributed by atoms with van der Waals surface area (Å²) in [5.41, 5.74) is 5.96. The quantitative estimate of drug-likeness (QED) is 0.538. The Labute approximate surface area is 142 Å². The molecule has 0 aliphatic rings. The SMILES string of the molecule is Cc1nc2ncc(-c3ccncc3)nc2n1-c1ccc2[nH]cnc2c1. The first-order valence-electron chi connectivity index (χ1n) is 7.85. The Morgan fingerprint density at radius 1 is 1.00 bits per heavy atom. The van der Waals surface area contributed by atoms with Crippen molar-refractivity contribution < 1.29 is 0 Å². The van der Waals surface area contributed by atoms with E-state index in [1.807, 2.05) is 41.8 Å². The zero-order chi connectivity index (χ0) is 16.8. The number of benzene rings is 1. The molecule has 0 radical (unpaired) electrons. The largest absolute Gasteiger partial charge is 0.345 e. The fraction of sp³-hybridized carbons (Fsp3) is 0.0556. The summed E-state index contributed by atoms with van der Waals surface area (Å²) in [5.74, 6) is 0.830. The van der Waals surface area contributed by atoms with Crippen molar-refractivity contribution in [3.8, 4) is 16.9 Å². The van der Waals surface area contributed by atoms with Crippen molar-refractivity contribution in [1.29, 1.82) is 0 Å². The zero-order valence-corrected chi connectivity index (χ0v) is 13.4. The van der Waals surface area contributed by atoms with Gasteiger partial charge in [-0.1, -0.05) is 0 Å². The lowest BCUT2D eigenvalue weighted by Crippen LogP contribution is -1.99. The normalized spacial score (nSPS) is 11.4. The molecule has 0 atom stereocenters. The van der Waals surface area contributed by atoms with E-state index in [0.717, 1.165) is 39.4 Å². The number of imidazole rings is 2. The van der Waals surface area contributed by atoms with Gasteiger partial charge in [-0.3, -0.25) is 9.55 Å². The molecule has 0 bridgehead atoms. The topological polar surface area (TPSA) is 85.2 Å². The van der Waals surface area contributed by atoms with Gasteiger partial charge in [-0.2, -0.15) is 0 Å². The Morgan fingerprint density at radius 2 is 1.88 bits per heavy atom. The summed E-state index contributed by atoms with van der Waals surface area (Å²) in [7, 11) is 0. The van der Waals surface area contributed by atoms with E-state index in [9.17, 15) is 0 Å². The van der Waals surface area contributed by atoms with Gasteiger partial charge in [-0.15, -0.1) is 0 Å². The molecule has 25 heavy (non-hydrogen) atoms. The van der Waals surface area contributed by atoms with Crippen LogP contribution < -0.4 is 0 Å². The number of H-pyrrole nitrogens is 1. The van der Waals surface area contributed by atoms with E-state index in [1.165, 1.54) is 0 Å². The van der Waals surface area contributed by atoms with Gasteiger partial charge in [0.2, 0.25) is 0 Å². The van der Waals surface area contributed by atoms with E-state index in [2.05, 4.69) is 24.9 Å². The smallest absolute Gasteiger partial charge is 0.198 e. The highest BCUT2D eigenvalue weighted by molar-refractivity contribution is 5.79. The van der Waals surface area contributed by atoms with Crippen molar-refractivity contribution in [1.82, 2.24) is 34.5 Å². The van der Waals surface area contributed by atoms with Gasteiger partial charge in [0.05, 0.1) is 34.9 Å². The first-order valence-corrected chi connectivity index (χ1v) is 7.85. The molecule has 1 N–H and O–H groups in total. The van der Waals surface area contributed by atoms with E-state index in [0.29, 0.717) is 5.65 Å². The van der Waals surface area contributed by atoms with Gasteiger partial charge in [0.15, 0.2) is 11.3 Å². The second kappa shape index (κ2) is 5.20. The highest BCUT2D eigenvalue weighted by Gasteiger charge is 2.14. The average molecular weight is 327 g/mol. The van der Waals surface area contributed by atoms with E-state index in [-0.39, 0.29) is 0 Å². The van der Waals surface area contributed by atoms with Crippen LogP contribution in [0.25, 0.3) is 39.3 Å². The summed E-state index contributed by atoms with van der Waals surface area (Å²) in [6.45, 7) is 1.95. The third kappa shape index (κ3) is 2.17. The predicted octanol–water partition coefficient (Wildman–Crippen LogP) is 3.06. The summed E-state index contributed by atoms with van der Waals surface area (Å²) < 4.78 is 2.00. The van der Waals surface area contributed by atoms with E-state index >= 15 is 0 Å². The first-order chi connectivity index (χ1) is 12.3. The highest BCUT2D eigenvalue weighted by atomic mass is 15.2. The maximum absolute atomic E-state index is 4.79. The molecule has 5 rings (SSSR count). The lowest BCUT2D eigenvalue weighted by Gasteiger charge is -2.07. The molecular weight excluding hydrogens is 314 g/mol. The number of fused-ring (bicyclic) bond motifs is 2. The number of nitrogens with zero attached hydrogens (tertiary/aromatic N) is 6. The molecule has 0 aliphatic carbocycles. The fourth-order valence-corrected chi connectivity index (χ4v) is 2.99. The molecule has 120 valence electrons. The minimum Gasteiger partial charge on any atom is -0.345 e. The maximum Gasteiger partial charge on any atom is 0.198 e. The number of aromatic nitrogens is 7. The zero-order valence-electron chi connectivity index (χ0n) is 13.4. The van der Waals surface area contributed by atoms with Gasteiger partial charge in [-0.25, -0.2) is 19.9 Å². The Hall–Kier alpha value is -3.61. The van der Waals surface area contributed by atoms with Gasteiger partial charge in [-0.05, 0) is 37.3 Å².